The third kappa shape index (κ3) is 3.89. The number of aryl methyl sites for hydroxylation is 1. The molecule has 0 radical (unpaired) electrons. The summed E-state index contributed by atoms with van der Waals surface area (Å²) in [6.45, 7) is 4.70. The fraction of sp³-hybridized carbons (Fsp3) is 0.579. The molecule has 132 valence electrons. The van der Waals surface area contributed by atoms with Gasteiger partial charge in [-0.15, -0.1) is 0 Å². The van der Waals surface area contributed by atoms with Gasteiger partial charge in [-0.3, -0.25) is 0 Å². The van der Waals surface area contributed by atoms with Gasteiger partial charge in [0, 0.05) is 31.3 Å². The number of anilines is 1. The summed E-state index contributed by atoms with van der Waals surface area (Å²) in [6, 6.07) is 4.02. The first-order chi connectivity index (χ1) is 12.3. The Bertz CT molecular complexity index is 710. The van der Waals surface area contributed by atoms with E-state index in [4.69, 9.17) is 4.74 Å². The van der Waals surface area contributed by atoms with Gasteiger partial charge >= 0.3 is 0 Å². The molecule has 0 N–H and O–H groups in total. The monoisotopic (exact) mass is 339 g/mol. The molecule has 0 aromatic carbocycles. The van der Waals surface area contributed by atoms with Gasteiger partial charge in [0.15, 0.2) is 0 Å². The van der Waals surface area contributed by atoms with Gasteiger partial charge in [-0.1, -0.05) is 6.42 Å². The highest BCUT2D eigenvalue weighted by Gasteiger charge is 2.23. The van der Waals surface area contributed by atoms with Gasteiger partial charge in [0.2, 0.25) is 5.88 Å². The number of hydrogen-bond acceptors (Lipinski definition) is 6. The first-order valence-corrected chi connectivity index (χ1v) is 9.27. The number of piperidine rings is 1. The van der Waals surface area contributed by atoms with Crippen LogP contribution in [0.4, 0.5) is 5.82 Å². The predicted molar refractivity (Wildman–Crippen MR) is 95.8 cm³/mol. The topological polar surface area (TPSA) is 64.0 Å². The molecule has 1 saturated carbocycles. The van der Waals surface area contributed by atoms with Gasteiger partial charge < -0.3 is 9.64 Å². The standard InChI is InChI=1S/C19H25N5O/c1-14-20-8-5-18(23-14)24-9-6-15(7-10-24)12-25-19-11-17(21-13-22-19)16-3-2-4-16/h5,8,11,13,15-16H,2-4,6-7,9-10,12H2,1H3. The lowest BCUT2D eigenvalue weighted by Gasteiger charge is -2.32. The maximum atomic E-state index is 5.97. The normalized spacial score (nSPS) is 18.8. The van der Waals surface area contributed by atoms with E-state index < -0.39 is 0 Å². The van der Waals surface area contributed by atoms with E-state index in [2.05, 4.69) is 24.8 Å². The minimum absolute atomic E-state index is 0.571. The Hall–Kier alpha value is -2.24. The highest BCUT2D eigenvalue weighted by molar-refractivity contribution is 5.37. The molecule has 0 bridgehead atoms. The molecule has 0 unspecified atom stereocenters. The van der Waals surface area contributed by atoms with Crippen LogP contribution in [0.1, 0.15) is 49.5 Å². The zero-order chi connectivity index (χ0) is 17.1. The lowest BCUT2D eigenvalue weighted by atomic mass is 9.83. The summed E-state index contributed by atoms with van der Waals surface area (Å²) >= 11 is 0. The maximum Gasteiger partial charge on any atom is 0.216 e. The summed E-state index contributed by atoms with van der Waals surface area (Å²) in [5.41, 5.74) is 1.14. The van der Waals surface area contributed by atoms with Gasteiger partial charge in [-0.05, 0) is 44.6 Å². The van der Waals surface area contributed by atoms with Gasteiger partial charge in [0.1, 0.15) is 18.0 Å². The number of ether oxygens (including phenoxy) is 1. The van der Waals surface area contributed by atoms with Crippen LogP contribution in [0.3, 0.4) is 0 Å². The maximum absolute atomic E-state index is 5.97. The Labute approximate surface area is 148 Å². The van der Waals surface area contributed by atoms with Crippen LogP contribution in [-0.4, -0.2) is 39.6 Å². The summed E-state index contributed by atoms with van der Waals surface area (Å²) in [4.78, 5) is 19.7. The summed E-state index contributed by atoms with van der Waals surface area (Å²) in [5, 5.41) is 0. The number of aromatic nitrogens is 4. The number of rotatable bonds is 5. The van der Waals surface area contributed by atoms with Crippen LogP contribution in [0.25, 0.3) is 0 Å². The van der Waals surface area contributed by atoms with E-state index in [-0.39, 0.29) is 0 Å². The second-order valence-corrected chi connectivity index (χ2v) is 7.11. The molecule has 2 aliphatic rings. The zero-order valence-electron chi connectivity index (χ0n) is 14.8. The van der Waals surface area contributed by atoms with E-state index in [0.717, 1.165) is 55.8 Å². The van der Waals surface area contributed by atoms with Crippen molar-refractivity contribution in [1.29, 1.82) is 0 Å². The zero-order valence-corrected chi connectivity index (χ0v) is 14.8. The molecule has 1 aliphatic carbocycles. The highest BCUT2D eigenvalue weighted by Crippen LogP contribution is 2.35. The van der Waals surface area contributed by atoms with Gasteiger partial charge in [0.25, 0.3) is 0 Å². The number of hydrogen-bond donors (Lipinski definition) is 0. The van der Waals surface area contributed by atoms with Crippen molar-refractivity contribution in [3.8, 4) is 5.88 Å². The Kier molecular flexibility index (Phi) is 4.76. The molecule has 3 heterocycles. The fourth-order valence-electron chi connectivity index (χ4n) is 3.51. The second kappa shape index (κ2) is 7.33. The minimum atomic E-state index is 0.571. The van der Waals surface area contributed by atoms with Crippen molar-refractivity contribution in [2.45, 2.75) is 44.9 Å². The Morgan fingerprint density at radius 1 is 1.12 bits per heavy atom. The fourth-order valence-corrected chi connectivity index (χ4v) is 3.51. The van der Waals surface area contributed by atoms with E-state index in [1.165, 1.54) is 19.3 Å². The van der Waals surface area contributed by atoms with Crippen molar-refractivity contribution in [3.05, 3.63) is 36.2 Å². The average Bonchev–Trinajstić information content (AvgIpc) is 2.59. The van der Waals surface area contributed by atoms with Crippen molar-refractivity contribution >= 4 is 5.82 Å². The summed E-state index contributed by atoms with van der Waals surface area (Å²) in [6.07, 6.45) is 9.52. The van der Waals surface area contributed by atoms with Crippen LogP contribution < -0.4 is 9.64 Å². The summed E-state index contributed by atoms with van der Waals surface area (Å²) in [5.74, 6) is 3.78. The van der Waals surface area contributed by atoms with Crippen LogP contribution in [0.15, 0.2) is 24.7 Å². The first kappa shape index (κ1) is 16.2. The molecule has 2 aromatic heterocycles. The van der Waals surface area contributed by atoms with Crippen molar-refractivity contribution in [3.63, 3.8) is 0 Å². The van der Waals surface area contributed by atoms with E-state index >= 15 is 0 Å². The van der Waals surface area contributed by atoms with Crippen LogP contribution in [-0.2, 0) is 0 Å². The van der Waals surface area contributed by atoms with Crippen LogP contribution >= 0.6 is 0 Å². The van der Waals surface area contributed by atoms with Crippen LogP contribution in [0.5, 0.6) is 5.88 Å². The Morgan fingerprint density at radius 3 is 2.68 bits per heavy atom. The molecule has 2 aromatic rings. The quantitative estimate of drug-likeness (QED) is 0.834. The molecule has 0 spiro atoms. The third-order valence-corrected chi connectivity index (χ3v) is 5.35. The lowest BCUT2D eigenvalue weighted by Crippen LogP contribution is -2.36. The molecule has 0 atom stereocenters. The average molecular weight is 339 g/mol. The van der Waals surface area contributed by atoms with E-state index in [1.54, 1.807) is 6.33 Å². The first-order valence-electron chi connectivity index (χ1n) is 9.27. The van der Waals surface area contributed by atoms with Gasteiger partial charge in [0.05, 0.1) is 12.3 Å². The van der Waals surface area contributed by atoms with Crippen molar-refractivity contribution in [2.24, 2.45) is 5.92 Å². The molecule has 1 aliphatic heterocycles. The van der Waals surface area contributed by atoms with Gasteiger partial charge in [-0.2, -0.15) is 0 Å². The van der Waals surface area contributed by atoms with Crippen LogP contribution in [0, 0.1) is 12.8 Å². The molecule has 6 nitrogen and oxygen atoms in total. The van der Waals surface area contributed by atoms with E-state index in [0.29, 0.717) is 11.8 Å². The van der Waals surface area contributed by atoms with E-state index in [9.17, 15) is 0 Å². The summed E-state index contributed by atoms with van der Waals surface area (Å²) < 4.78 is 5.97. The molecular weight excluding hydrogens is 314 g/mol. The lowest BCUT2D eigenvalue weighted by molar-refractivity contribution is 0.215. The SMILES string of the molecule is Cc1nccc(N2CCC(COc3cc(C4CCC4)ncn3)CC2)n1. The second-order valence-electron chi connectivity index (χ2n) is 7.11. The Morgan fingerprint density at radius 2 is 1.96 bits per heavy atom. The Balaban J connectivity index is 1.27. The smallest absolute Gasteiger partial charge is 0.216 e. The molecule has 0 amide bonds. The number of nitrogens with zero attached hydrogens (tertiary/aromatic N) is 5. The third-order valence-electron chi connectivity index (χ3n) is 5.35. The highest BCUT2D eigenvalue weighted by atomic mass is 16.5. The molecule has 2 fully saturated rings. The minimum Gasteiger partial charge on any atom is -0.477 e. The van der Waals surface area contributed by atoms with Crippen molar-refractivity contribution in [2.75, 3.05) is 24.6 Å². The molecular formula is C19H25N5O. The summed E-state index contributed by atoms with van der Waals surface area (Å²) in [7, 11) is 0. The van der Waals surface area contributed by atoms with Crippen molar-refractivity contribution < 1.29 is 4.74 Å². The predicted octanol–water partition coefficient (Wildman–Crippen LogP) is 3.14. The molecule has 1 saturated heterocycles. The molecule has 6 heteroatoms. The van der Waals surface area contributed by atoms with Crippen LogP contribution in [0.2, 0.25) is 0 Å². The van der Waals surface area contributed by atoms with Gasteiger partial charge in [-0.25, -0.2) is 19.9 Å². The largest absolute Gasteiger partial charge is 0.477 e. The molecule has 25 heavy (non-hydrogen) atoms. The van der Waals surface area contributed by atoms with Crippen molar-refractivity contribution in [1.82, 2.24) is 19.9 Å². The molecule has 4 rings (SSSR count). The van der Waals surface area contributed by atoms with E-state index in [1.807, 2.05) is 25.3 Å².